The summed E-state index contributed by atoms with van der Waals surface area (Å²) in [4.78, 5) is 45.1. The van der Waals surface area contributed by atoms with E-state index in [4.69, 9.17) is 4.74 Å². The maximum absolute atomic E-state index is 13.0. The highest BCUT2D eigenvalue weighted by atomic mass is 16.5. The number of nitrogens with zero attached hydrogens (tertiary/aromatic N) is 3. The van der Waals surface area contributed by atoms with Gasteiger partial charge in [-0.3, -0.25) is 24.3 Å². The average molecular weight is 379 g/mol. The number of hydrogen-bond donors (Lipinski definition) is 0. The molecule has 2 aromatic rings. The van der Waals surface area contributed by atoms with Crippen molar-refractivity contribution in [2.24, 2.45) is 0 Å². The summed E-state index contributed by atoms with van der Waals surface area (Å²) >= 11 is 0. The fourth-order valence-electron chi connectivity index (χ4n) is 3.59. The van der Waals surface area contributed by atoms with Gasteiger partial charge in [-0.25, -0.2) is 0 Å². The zero-order valence-electron chi connectivity index (χ0n) is 15.4. The van der Waals surface area contributed by atoms with Crippen molar-refractivity contribution in [2.45, 2.75) is 25.5 Å². The van der Waals surface area contributed by atoms with E-state index in [1.54, 1.807) is 35.4 Å². The second kappa shape index (κ2) is 7.90. The summed E-state index contributed by atoms with van der Waals surface area (Å²) in [6.07, 6.45) is 3.50. The predicted molar refractivity (Wildman–Crippen MR) is 100 cm³/mol. The number of imide groups is 1. The molecular formula is C21H21N3O4. The minimum Gasteiger partial charge on any atom is -0.376 e. The van der Waals surface area contributed by atoms with Gasteiger partial charge >= 0.3 is 0 Å². The Morgan fingerprint density at radius 3 is 2.43 bits per heavy atom. The Balaban J connectivity index is 1.50. The Bertz CT molecular complexity index is 859. The summed E-state index contributed by atoms with van der Waals surface area (Å²) < 4.78 is 5.67. The highest BCUT2D eigenvalue weighted by molar-refractivity contribution is 6.22. The Morgan fingerprint density at radius 1 is 1.11 bits per heavy atom. The van der Waals surface area contributed by atoms with E-state index in [-0.39, 0.29) is 18.6 Å². The molecule has 1 aromatic heterocycles. The van der Waals surface area contributed by atoms with Crippen LogP contribution >= 0.6 is 0 Å². The minimum absolute atomic E-state index is 0.0326. The third kappa shape index (κ3) is 3.66. The molecule has 7 nitrogen and oxygen atoms in total. The fourth-order valence-corrected chi connectivity index (χ4v) is 3.59. The molecule has 3 amide bonds. The van der Waals surface area contributed by atoms with E-state index in [2.05, 4.69) is 4.98 Å². The lowest BCUT2D eigenvalue weighted by atomic mass is 10.1. The van der Waals surface area contributed by atoms with Gasteiger partial charge in [-0.15, -0.1) is 0 Å². The second-order valence-electron chi connectivity index (χ2n) is 6.97. The Hall–Kier alpha value is -3.06. The highest BCUT2D eigenvalue weighted by Gasteiger charge is 2.37. The van der Waals surface area contributed by atoms with Gasteiger partial charge < -0.3 is 9.64 Å². The van der Waals surface area contributed by atoms with Crippen molar-refractivity contribution < 1.29 is 19.1 Å². The molecule has 1 unspecified atom stereocenters. The lowest BCUT2D eigenvalue weighted by Gasteiger charge is -2.27. The fraction of sp³-hybridized carbons (Fsp3) is 0.333. The number of fused-ring (bicyclic) bond motifs is 1. The maximum Gasteiger partial charge on any atom is 0.262 e. The van der Waals surface area contributed by atoms with Crippen LogP contribution in [0.2, 0.25) is 0 Å². The summed E-state index contributed by atoms with van der Waals surface area (Å²) in [6, 6.07) is 12.2. The SMILES string of the molecule is O=C(CN1C(=O)c2ccccc2C1=O)N(Cc1ccccn1)CC1CCCO1. The van der Waals surface area contributed by atoms with Gasteiger partial charge in [-0.05, 0) is 37.1 Å². The second-order valence-corrected chi connectivity index (χ2v) is 6.97. The van der Waals surface area contributed by atoms with E-state index in [0.29, 0.717) is 30.8 Å². The first-order valence-corrected chi connectivity index (χ1v) is 9.38. The highest BCUT2D eigenvalue weighted by Crippen LogP contribution is 2.23. The van der Waals surface area contributed by atoms with Crippen LogP contribution in [0.3, 0.4) is 0 Å². The molecule has 2 aliphatic rings. The van der Waals surface area contributed by atoms with Crippen molar-refractivity contribution in [1.29, 1.82) is 0 Å². The Labute approximate surface area is 162 Å². The molecular weight excluding hydrogens is 358 g/mol. The monoisotopic (exact) mass is 379 g/mol. The Kier molecular flexibility index (Phi) is 5.16. The van der Waals surface area contributed by atoms with E-state index in [1.807, 2.05) is 18.2 Å². The van der Waals surface area contributed by atoms with Gasteiger partial charge in [0.2, 0.25) is 5.91 Å². The molecule has 2 aliphatic heterocycles. The number of benzene rings is 1. The molecule has 7 heteroatoms. The maximum atomic E-state index is 13.0. The smallest absolute Gasteiger partial charge is 0.262 e. The van der Waals surface area contributed by atoms with Crippen molar-refractivity contribution in [3.8, 4) is 0 Å². The normalized spacial score (nSPS) is 18.4. The Morgan fingerprint density at radius 2 is 1.82 bits per heavy atom. The molecule has 0 N–H and O–H groups in total. The van der Waals surface area contributed by atoms with E-state index in [9.17, 15) is 14.4 Å². The van der Waals surface area contributed by atoms with Crippen LogP contribution in [-0.4, -0.2) is 58.3 Å². The van der Waals surface area contributed by atoms with Gasteiger partial charge in [-0.1, -0.05) is 18.2 Å². The van der Waals surface area contributed by atoms with Crippen LogP contribution in [0.4, 0.5) is 0 Å². The number of carbonyl (C=O) groups excluding carboxylic acids is 3. The first kappa shape index (κ1) is 18.3. The molecule has 0 radical (unpaired) electrons. The molecule has 0 aliphatic carbocycles. The number of amides is 3. The molecule has 0 bridgehead atoms. The van der Waals surface area contributed by atoms with Gasteiger partial charge in [0.05, 0.1) is 29.5 Å². The summed E-state index contributed by atoms with van der Waals surface area (Å²) in [5.74, 6) is -1.15. The molecule has 3 heterocycles. The first-order valence-electron chi connectivity index (χ1n) is 9.38. The van der Waals surface area contributed by atoms with Crippen LogP contribution in [0.15, 0.2) is 48.7 Å². The summed E-state index contributed by atoms with van der Waals surface area (Å²) in [5.41, 5.74) is 1.43. The zero-order valence-corrected chi connectivity index (χ0v) is 15.4. The summed E-state index contributed by atoms with van der Waals surface area (Å²) in [5, 5.41) is 0. The lowest BCUT2D eigenvalue weighted by molar-refractivity contribution is -0.133. The molecule has 4 rings (SSSR count). The van der Waals surface area contributed by atoms with Crippen molar-refractivity contribution >= 4 is 17.7 Å². The van der Waals surface area contributed by atoms with Gasteiger partial charge in [0.1, 0.15) is 6.54 Å². The molecule has 28 heavy (non-hydrogen) atoms. The number of ether oxygens (including phenoxy) is 1. The van der Waals surface area contributed by atoms with E-state index >= 15 is 0 Å². The lowest BCUT2D eigenvalue weighted by Crippen LogP contribution is -2.45. The molecule has 1 aromatic carbocycles. The van der Waals surface area contributed by atoms with E-state index < -0.39 is 11.8 Å². The van der Waals surface area contributed by atoms with Crippen LogP contribution in [0.25, 0.3) is 0 Å². The molecule has 144 valence electrons. The topological polar surface area (TPSA) is 79.8 Å². The van der Waals surface area contributed by atoms with Gasteiger partial charge in [0.25, 0.3) is 11.8 Å². The molecule has 0 spiro atoms. The van der Waals surface area contributed by atoms with Crippen LogP contribution in [0.1, 0.15) is 39.3 Å². The average Bonchev–Trinajstić information content (AvgIpc) is 3.31. The molecule has 1 saturated heterocycles. The van der Waals surface area contributed by atoms with Crippen molar-refractivity contribution in [3.05, 3.63) is 65.5 Å². The van der Waals surface area contributed by atoms with Gasteiger partial charge in [-0.2, -0.15) is 0 Å². The number of hydrogen-bond acceptors (Lipinski definition) is 5. The quantitative estimate of drug-likeness (QED) is 0.716. The number of rotatable bonds is 6. The van der Waals surface area contributed by atoms with Crippen molar-refractivity contribution in [3.63, 3.8) is 0 Å². The van der Waals surface area contributed by atoms with E-state index in [1.165, 1.54) is 0 Å². The van der Waals surface area contributed by atoms with Crippen LogP contribution in [0.5, 0.6) is 0 Å². The first-order chi connectivity index (χ1) is 13.6. The minimum atomic E-state index is -0.427. The van der Waals surface area contributed by atoms with Crippen LogP contribution in [-0.2, 0) is 16.1 Å². The third-order valence-electron chi connectivity index (χ3n) is 5.05. The van der Waals surface area contributed by atoms with Crippen molar-refractivity contribution in [2.75, 3.05) is 19.7 Å². The standard InChI is InChI=1S/C21H21N3O4/c25-19(14-24-20(26)17-8-1-2-9-18(17)21(24)27)23(13-16-7-5-11-28-16)12-15-6-3-4-10-22-15/h1-4,6,8-10,16H,5,7,11-14H2. The van der Waals surface area contributed by atoms with Gasteiger partial charge in [0, 0.05) is 19.3 Å². The van der Waals surface area contributed by atoms with Crippen molar-refractivity contribution in [1.82, 2.24) is 14.8 Å². The van der Waals surface area contributed by atoms with Gasteiger partial charge in [0.15, 0.2) is 0 Å². The summed E-state index contributed by atoms with van der Waals surface area (Å²) in [7, 11) is 0. The number of pyridine rings is 1. The van der Waals surface area contributed by atoms with Crippen LogP contribution in [0, 0.1) is 0 Å². The molecule has 1 atom stereocenters. The molecule has 0 saturated carbocycles. The zero-order chi connectivity index (χ0) is 19.5. The van der Waals surface area contributed by atoms with E-state index in [0.717, 1.165) is 23.4 Å². The third-order valence-corrected chi connectivity index (χ3v) is 5.05. The van der Waals surface area contributed by atoms with Crippen LogP contribution < -0.4 is 0 Å². The molecule has 1 fully saturated rings. The predicted octanol–water partition coefficient (Wildman–Crippen LogP) is 1.89. The number of aromatic nitrogens is 1. The summed E-state index contributed by atoms with van der Waals surface area (Å²) in [6.45, 7) is 1.13. The number of carbonyl (C=O) groups is 3. The largest absolute Gasteiger partial charge is 0.376 e.